The average molecular weight is 221 g/mol. The molecule has 3 heteroatoms. The van der Waals surface area contributed by atoms with E-state index in [1.807, 2.05) is 6.20 Å². The summed E-state index contributed by atoms with van der Waals surface area (Å²) in [4.78, 5) is 4.26. The van der Waals surface area contributed by atoms with E-state index in [2.05, 4.69) is 34.9 Å². The first-order valence-electron chi connectivity index (χ1n) is 6.52. The molecule has 1 fully saturated rings. The summed E-state index contributed by atoms with van der Waals surface area (Å²) in [5, 5.41) is 3.61. The molecule has 1 saturated carbocycles. The SMILES string of the molecule is CCNC1CCCC1CCn1ccnc1C. The molecule has 0 aliphatic heterocycles. The van der Waals surface area contributed by atoms with Crippen molar-refractivity contribution in [3.8, 4) is 0 Å². The molecule has 0 amide bonds. The summed E-state index contributed by atoms with van der Waals surface area (Å²) in [5.41, 5.74) is 0. The van der Waals surface area contributed by atoms with E-state index in [1.165, 1.54) is 25.7 Å². The van der Waals surface area contributed by atoms with Crippen LogP contribution >= 0.6 is 0 Å². The highest BCUT2D eigenvalue weighted by Crippen LogP contribution is 2.28. The van der Waals surface area contributed by atoms with Crippen molar-refractivity contribution in [2.75, 3.05) is 6.54 Å². The summed E-state index contributed by atoms with van der Waals surface area (Å²) in [6.07, 6.45) is 9.42. The number of imidazole rings is 1. The molecule has 2 atom stereocenters. The van der Waals surface area contributed by atoms with Crippen molar-refractivity contribution in [2.45, 2.75) is 52.1 Å². The Bertz CT molecular complexity index is 319. The first-order chi connectivity index (χ1) is 7.81. The lowest BCUT2D eigenvalue weighted by Gasteiger charge is -2.20. The van der Waals surface area contributed by atoms with Crippen LogP contribution in [0.2, 0.25) is 0 Å². The van der Waals surface area contributed by atoms with Crippen LogP contribution in [0.15, 0.2) is 12.4 Å². The highest BCUT2D eigenvalue weighted by atomic mass is 15.0. The summed E-state index contributed by atoms with van der Waals surface area (Å²) in [6, 6.07) is 0.758. The Hall–Kier alpha value is -0.830. The lowest BCUT2D eigenvalue weighted by molar-refractivity contribution is 0.365. The molecule has 90 valence electrons. The van der Waals surface area contributed by atoms with Gasteiger partial charge in [-0.1, -0.05) is 13.3 Å². The van der Waals surface area contributed by atoms with Crippen LogP contribution in [0.3, 0.4) is 0 Å². The zero-order valence-corrected chi connectivity index (χ0v) is 10.4. The van der Waals surface area contributed by atoms with E-state index in [1.54, 1.807) is 0 Å². The van der Waals surface area contributed by atoms with Gasteiger partial charge in [-0.05, 0) is 38.6 Å². The number of aryl methyl sites for hydroxylation is 2. The number of hydrogen-bond acceptors (Lipinski definition) is 2. The molecule has 3 nitrogen and oxygen atoms in total. The lowest BCUT2D eigenvalue weighted by atomic mass is 9.99. The van der Waals surface area contributed by atoms with Crippen molar-refractivity contribution in [3.05, 3.63) is 18.2 Å². The maximum absolute atomic E-state index is 4.26. The standard InChI is InChI=1S/C13H23N3/c1-3-14-13-6-4-5-12(13)7-9-16-10-8-15-11(16)2/h8,10,12-14H,3-7,9H2,1-2H3. The minimum Gasteiger partial charge on any atom is -0.335 e. The first kappa shape index (κ1) is 11.6. The van der Waals surface area contributed by atoms with Gasteiger partial charge in [-0.3, -0.25) is 0 Å². The second kappa shape index (κ2) is 5.48. The topological polar surface area (TPSA) is 29.9 Å². The normalized spacial score (nSPS) is 25.1. The molecule has 2 rings (SSSR count). The first-order valence-corrected chi connectivity index (χ1v) is 6.52. The largest absolute Gasteiger partial charge is 0.335 e. The molecule has 1 heterocycles. The van der Waals surface area contributed by atoms with E-state index in [4.69, 9.17) is 0 Å². The van der Waals surface area contributed by atoms with Gasteiger partial charge in [0.05, 0.1) is 0 Å². The van der Waals surface area contributed by atoms with Gasteiger partial charge in [-0.2, -0.15) is 0 Å². The molecule has 0 bridgehead atoms. The number of nitrogens with one attached hydrogen (secondary N) is 1. The zero-order chi connectivity index (χ0) is 11.4. The van der Waals surface area contributed by atoms with Crippen LogP contribution in [0.25, 0.3) is 0 Å². The lowest BCUT2D eigenvalue weighted by Crippen LogP contribution is -2.32. The fourth-order valence-corrected chi connectivity index (χ4v) is 2.86. The highest BCUT2D eigenvalue weighted by Gasteiger charge is 2.25. The Morgan fingerprint density at radius 1 is 1.50 bits per heavy atom. The van der Waals surface area contributed by atoms with E-state index in [0.29, 0.717) is 0 Å². The molecule has 1 aromatic heterocycles. The summed E-state index contributed by atoms with van der Waals surface area (Å²) in [5.74, 6) is 2.00. The summed E-state index contributed by atoms with van der Waals surface area (Å²) in [6.45, 7) is 6.51. The Balaban J connectivity index is 1.83. The van der Waals surface area contributed by atoms with Crippen LogP contribution in [-0.4, -0.2) is 22.1 Å². The van der Waals surface area contributed by atoms with Crippen molar-refractivity contribution < 1.29 is 0 Å². The molecule has 1 aromatic rings. The Labute approximate surface area is 98.3 Å². The molecule has 0 radical (unpaired) electrons. The monoisotopic (exact) mass is 221 g/mol. The third-order valence-electron chi connectivity index (χ3n) is 3.79. The summed E-state index contributed by atoms with van der Waals surface area (Å²) in [7, 11) is 0. The van der Waals surface area contributed by atoms with Crippen molar-refractivity contribution in [1.29, 1.82) is 0 Å². The molecule has 1 aliphatic rings. The molecular weight excluding hydrogens is 198 g/mol. The Morgan fingerprint density at radius 2 is 2.38 bits per heavy atom. The van der Waals surface area contributed by atoms with Gasteiger partial charge >= 0.3 is 0 Å². The molecule has 1 N–H and O–H groups in total. The van der Waals surface area contributed by atoms with Gasteiger partial charge < -0.3 is 9.88 Å². The van der Waals surface area contributed by atoms with Crippen molar-refractivity contribution in [3.63, 3.8) is 0 Å². The van der Waals surface area contributed by atoms with Gasteiger partial charge in [-0.25, -0.2) is 4.98 Å². The third-order valence-corrected chi connectivity index (χ3v) is 3.79. The highest BCUT2D eigenvalue weighted by molar-refractivity contribution is 4.89. The minimum atomic E-state index is 0.758. The predicted molar refractivity (Wildman–Crippen MR) is 66.4 cm³/mol. The third kappa shape index (κ3) is 2.64. The van der Waals surface area contributed by atoms with Crippen LogP contribution in [-0.2, 0) is 6.54 Å². The van der Waals surface area contributed by atoms with E-state index in [9.17, 15) is 0 Å². The van der Waals surface area contributed by atoms with Crippen molar-refractivity contribution >= 4 is 0 Å². The van der Waals surface area contributed by atoms with Crippen LogP contribution in [0.1, 0.15) is 38.4 Å². The second-order valence-corrected chi connectivity index (χ2v) is 4.81. The predicted octanol–water partition coefficient (Wildman–Crippen LogP) is 2.36. The van der Waals surface area contributed by atoms with Crippen LogP contribution in [0.5, 0.6) is 0 Å². The zero-order valence-electron chi connectivity index (χ0n) is 10.4. The Morgan fingerprint density at radius 3 is 3.06 bits per heavy atom. The van der Waals surface area contributed by atoms with Crippen LogP contribution in [0.4, 0.5) is 0 Å². The van der Waals surface area contributed by atoms with Gasteiger partial charge in [0.15, 0.2) is 0 Å². The average Bonchev–Trinajstić information content (AvgIpc) is 2.86. The number of rotatable bonds is 5. The number of hydrogen-bond donors (Lipinski definition) is 1. The van der Waals surface area contributed by atoms with Gasteiger partial charge in [-0.15, -0.1) is 0 Å². The quantitative estimate of drug-likeness (QED) is 0.827. The molecule has 1 aliphatic carbocycles. The summed E-state index contributed by atoms with van der Waals surface area (Å²) < 4.78 is 2.27. The number of nitrogens with zero attached hydrogens (tertiary/aromatic N) is 2. The van der Waals surface area contributed by atoms with Gasteiger partial charge in [0.25, 0.3) is 0 Å². The smallest absolute Gasteiger partial charge is 0.105 e. The van der Waals surface area contributed by atoms with Gasteiger partial charge in [0.2, 0.25) is 0 Å². The van der Waals surface area contributed by atoms with Gasteiger partial charge in [0.1, 0.15) is 5.82 Å². The number of aromatic nitrogens is 2. The molecule has 16 heavy (non-hydrogen) atoms. The van der Waals surface area contributed by atoms with E-state index in [-0.39, 0.29) is 0 Å². The Kier molecular flexibility index (Phi) is 3.99. The molecule has 0 spiro atoms. The fourth-order valence-electron chi connectivity index (χ4n) is 2.86. The van der Waals surface area contributed by atoms with Gasteiger partial charge in [0, 0.05) is 25.0 Å². The molecular formula is C13H23N3. The van der Waals surface area contributed by atoms with Crippen LogP contribution in [0, 0.1) is 12.8 Å². The van der Waals surface area contributed by atoms with Crippen molar-refractivity contribution in [1.82, 2.24) is 14.9 Å². The minimum absolute atomic E-state index is 0.758. The van der Waals surface area contributed by atoms with E-state index < -0.39 is 0 Å². The van der Waals surface area contributed by atoms with Crippen LogP contribution < -0.4 is 5.32 Å². The summed E-state index contributed by atoms with van der Waals surface area (Å²) >= 11 is 0. The molecule has 0 saturated heterocycles. The van der Waals surface area contributed by atoms with Crippen molar-refractivity contribution in [2.24, 2.45) is 5.92 Å². The second-order valence-electron chi connectivity index (χ2n) is 4.81. The maximum Gasteiger partial charge on any atom is 0.105 e. The maximum atomic E-state index is 4.26. The van der Waals surface area contributed by atoms with E-state index >= 15 is 0 Å². The fraction of sp³-hybridized carbons (Fsp3) is 0.769. The molecule has 0 aromatic carbocycles. The molecule has 2 unspecified atom stereocenters. The van der Waals surface area contributed by atoms with E-state index in [0.717, 1.165) is 30.9 Å².